The highest BCUT2D eigenvalue weighted by Gasteiger charge is 2.08. The molecule has 1 heterocycles. The van der Waals surface area contributed by atoms with Gasteiger partial charge in [-0.2, -0.15) is 0 Å². The Hall–Kier alpha value is -2.40. The molecule has 0 saturated heterocycles. The standard InChI is InChI=1S/C19H20N2O2S/c1-2-23-16-10-5-3-8-14(16)20-18(22)12-7-13-19-21-15-9-4-6-11-17(15)24-19/h3-6,8-11H,2,7,12-13H2,1H3,(H,20,22). The summed E-state index contributed by atoms with van der Waals surface area (Å²) in [6.07, 6.45) is 2.07. The highest BCUT2D eigenvalue weighted by molar-refractivity contribution is 7.18. The highest BCUT2D eigenvalue weighted by Crippen LogP contribution is 2.25. The van der Waals surface area contributed by atoms with Crippen molar-refractivity contribution in [2.45, 2.75) is 26.2 Å². The van der Waals surface area contributed by atoms with Gasteiger partial charge in [0.05, 0.1) is 27.5 Å². The number of nitrogens with zero attached hydrogens (tertiary/aromatic N) is 1. The predicted octanol–water partition coefficient (Wildman–Crippen LogP) is 4.66. The van der Waals surface area contributed by atoms with E-state index in [0.717, 1.165) is 29.1 Å². The van der Waals surface area contributed by atoms with E-state index in [-0.39, 0.29) is 5.91 Å². The molecule has 0 aliphatic rings. The third kappa shape index (κ3) is 4.11. The van der Waals surface area contributed by atoms with Crippen LogP contribution in [-0.2, 0) is 11.2 Å². The van der Waals surface area contributed by atoms with Gasteiger partial charge in [-0.3, -0.25) is 4.79 Å². The lowest BCUT2D eigenvalue weighted by molar-refractivity contribution is -0.116. The van der Waals surface area contributed by atoms with Crippen molar-refractivity contribution in [2.75, 3.05) is 11.9 Å². The number of rotatable bonds is 7. The minimum absolute atomic E-state index is 0.00302. The Morgan fingerprint density at radius 2 is 1.96 bits per heavy atom. The second kappa shape index (κ2) is 7.93. The number of aromatic nitrogens is 1. The average Bonchev–Trinajstić information content (AvgIpc) is 2.99. The monoisotopic (exact) mass is 340 g/mol. The Bertz CT molecular complexity index is 796. The van der Waals surface area contributed by atoms with E-state index >= 15 is 0 Å². The molecule has 0 fully saturated rings. The van der Waals surface area contributed by atoms with Crippen molar-refractivity contribution in [1.82, 2.24) is 4.98 Å². The summed E-state index contributed by atoms with van der Waals surface area (Å²) in [5.74, 6) is 0.711. The molecule has 0 spiro atoms. The van der Waals surface area contributed by atoms with E-state index in [1.54, 1.807) is 11.3 Å². The first-order valence-electron chi connectivity index (χ1n) is 8.12. The zero-order valence-electron chi connectivity index (χ0n) is 13.6. The Morgan fingerprint density at radius 3 is 2.79 bits per heavy atom. The van der Waals surface area contributed by atoms with Crippen LogP contribution in [0.25, 0.3) is 10.2 Å². The number of thiazole rings is 1. The Morgan fingerprint density at radius 1 is 1.17 bits per heavy atom. The molecule has 5 heteroatoms. The van der Waals surface area contributed by atoms with Gasteiger partial charge in [-0.05, 0) is 44.0 Å². The number of benzene rings is 2. The number of carbonyl (C=O) groups excluding carboxylic acids is 1. The quantitative estimate of drug-likeness (QED) is 0.681. The number of anilines is 1. The molecule has 0 aliphatic carbocycles. The van der Waals surface area contributed by atoms with Crippen LogP contribution >= 0.6 is 11.3 Å². The molecular weight excluding hydrogens is 320 g/mol. The van der Waals surface area contributed by atoms with Crippen LogP contribution in [0.5, 0.6) is 5.75 Å². The molecule has 3 rings (SSSR count). The Balaban J connectivity index is 1.52. The molecule has 0 atom stereocenters. The molecule has 2 aromatic carbocycles. The van der Waals surface area contributed by atoms with Crippen molar-refractivity contribution in [3.8, 4) is 5.75 Å². The minimum atomic E-state index is 0.00302. The fourth-order valence-electron chi connectivity index (χ4n) is 2.49. The molecule has 0 unspecified atom stereocenters. The van der Waals surface area contributed by atoms with Gasteiger partial charge in [-0.15, -0.1) is 11.3 Å². The van der Waals surface area contributed by atoms with Crippen molar-refractivity contribution in [2.24, 2.45) is 0 Å². The molecule has 0 radical (unpaired) electrons. The normalized spacial score (nSPS) is 10.7. The molecule has 4 nitrogen and oxygen atoms in total. The zero-order chi connectivity index (χ0) is 16.8. The van der Waals surface area contributed by atoms with Crippen LogP contribution in [0, 0.1) is 0 Å². The van der Waals surface area contributed by atoms with Gasteiger partial charge in [-0.1, -0.05) is 24.3 Å². The van der Waals surface area contributed by atoms with Gasteiger partial charge in [0, 0.05) is 6.42 Å². The van der Waals surface area contributed by atoms with E-state index in [9.17, 15) is 4.79 Å². The first-order valence-corrected chi connectivity index (χ1v) is 8.94. The number of carbonyl (C=O) groups is 1. The lowest BCUT2D eigenvalue weighted by Gasteiger charge is -2.10. The van der Waals surface area contributed by atoms with Crippen molar-refractivity contribution in [3.63, 3.8) is 0 Å². The van der Waals surface area contributed by atoms with E-state index < -0.39 is 0 Å². The molecule has 1 aromatic heterocycles. The summed E-state index contributed by atoms with van der Waals surface area (Å²) in [7, 11) is 0. The van der Waals surface area contributed by atoms with Crippen molar-refractivity contribution < 1.29 is 9.53 Å². The maximum atomic E-state index is 12.1. The smallest absolute Gasteiger partial charge is 0.224 e. The molecule has 0 saturated carbocycles. The van der Waals surface area contributed by atoms with Crippen molar-refractivity contribution in [3.05, 3.63) is 53.5 Å². The molecule has 0 aliphatic heterocycles. The van der Waals surface area contributed by atoms with Crippen molar-refractivity contribution >= 4 is 33.1 Å². The summed E-state index contributed by atoms with van der Waals surface area (Å²) < 4.78 is 6.72. The van der Waals surface area contributed by atoms with E-state index in [1.165, 1.54) is 4.70 Å². The lowest BCUT2D eigenvalue weighted by atomic mass is 10.2. The number of aryl methyl sites for hydroxylation is 1. The summed E-state index contributed by atoms with van der Waals surface area (Å²) in [6, 6.07) is 15.6. The summed E-state index contributed by atoms with van der Waals surface area (Å²) in [4.78, 5) is 16.7. The highest BCUT2D eigenvalue weighted by atomic mass is 32.1. The summed E-state index contributed by atoms with van der Waals surface area (Å²) in [5, 5.41) is 4.01. The van der Waals surface area contributed by atoms with Crippen LogP contribution in [0.1, 0.15) is 24.8 Å². The van der Waals surface area contributed by atoms with E-state index in [0.29, 0.717) is 18.8 Å². The predicted molar refractivity (Wildman–Crippen MR) is 98.8 cm³/mol. The molecule has 3 aromatic rings. The first kappa shape index (κ1) is 16.5. The number of fused-ring (bicyclic) bond motifs is 1. The summed E-state index contributed by atoms with van der Waals surface area (Å²) in [5.41, 5.74) is 1.76. The Kier molecular flexibility index (Phi) is 5.43. The van der Waals surface area contributed by atoms with Gasteiger partial charge < -0.3 is 10.1 Å². The van der Waals surface area contributed by atoms with Crippen LogP contribution in [0.4, 0.5) is 5.69 Å². The van der Waals surface area contributed by atoms with Crippen LogP contribution in [-0.4, -0.2) is 17.5 Å². The summed E-state index contributed by atoms with van der Waals surface area (Å²) in [6.45, 7) is 2.50. The lowest BCUT2D eigenvalue weighted by Crippen LogP contribution is -2.12. The van der Waals surface area contributed by atoms with Gasteiger partial charge in [0.15, 0.2) is 0 Å². The number of para-hydroxylation sites is 3. The van der Waals surface area contributed by atoms with Gasteiger partial charge >= 0.3 is 0 Å². The van der Waals surface area contributed by atoms with Crippen LogP contribution in [0.3, 0.4) is 0 Å². The van der Waals surface area contributed by atoms with Crippen molar-refractivity contribution in [1.29, 1.82) is 0 Å². The fraction of sp³-hybridized carbons (Fsp3) is 0.263. The van der Waals surface area contributed by atoms with E-state index in [4.69, 9.17) is 4.74 Å². The third-order valence-electron chi connectivity index (χ3n) is 3.59. The topological polar surface area (TPSA) is 51.2 Å². The first-order chi connectivity index (χ1) is 11.8. The molecule has 1 N–H and O–H groups in total. The molecular formula is C19H20N2O2S. The van der Waals surface area contributed by atoms with Crippen LogP contribution in [0.2, 0.25) is 0 Å². The molecule has 24 heavy (non-hydrogen) atoms. The number of ether oxygens (including phenoxy) is 1. The molecule has 124 valence electrons. The van der Waals surface area contributed by atoms with Gasteiger partial charge in [-0.25, -0.2) is 4.98 Å². The maximum absolute atomic E-state index is 12.1. The number of hydrogen-bond acceptors (Lipinski definition) is 4. The Labute approximate surface area is 145 Å². The molecule has 1 amide bonds. The van der Waals surface area contributed by atoms with Crippen LogP contribution in [0.15, 0.2) is 48.5 Å². The largest absolute Gasteiger partial charge is 0.492 e. The second-order valence-corrected chi connectivity index (χ2v) is 6.52. The summed E-state index contributed by atoms with van der Waals surface area (Å²) >= 11 is 1.70. The fourth-order valence-corrected chi connectivity index (χ4v) is 3.50. The maximum Gasteiger partial charge on any atom is 0.224 e. The van der Waals surface area contributed by atoms with Crippen LogP contribution < -0.4 is 10.1 Å². The minimum Gasteiger partial charge on any atom is -0.492 e. The average molecular weight is 340 g/mol. The number of amides is 1. The van der Waals surface area contributed by atoms with Gasteiger partial charge in [0.1, 0.15) is 5.75 Å². The zero-order valence-corrected chi connectivity index (χ0v) is 14.4. The number of hydrogen-bond donors (Lipinski definition) is 1. The van der Waals surface area contributed by atoms with Gasteiger partial charge in [0.25, 0.3) is 0 Å². The third-order valence-corrected chi connectivity index (χ3v) is 4.69. The van der Waals surface area contributed by atoms with Gasteiger partial charge in [0.2, 0.25) is 5.91 Å². The molecule has 0 bridgehead atoms. The number of nitrogens with one attached hydrogen (secondary N) is 1. The van der Waals surface area contributed by atoms with E-state index in [2.05, 4.69) is 16.4 Å². The SMILES string of the molecule is CCOc1ccccc1NC(=O)CCCc1nc2ccccc2s1. The second-order valence-electron chi connectivity index (χ2n) is 5.41. The van der Waals surface area contributed by atoms with E-state index in [1.807, 2.05) is 49.4 Å².